The molecule has 4 amide bonds. The molecule has 9 nitrogen and oxygen atoms in total. The summed E-state index contributed by atoms with van der Waals surface area (Å²) in [5, 5.41) is 5.88. The van der Waals surface area contributed by atoms with Crippen LogP contribution in [0, 0.1) is 5.92 Å². The molecule has 0 atom stereocenters. The summed E-state index contributed by atoms with van der Waals surface area (Å²) in [7, 11) is 3.38. The van der Waals surface area contributed by atoms with E-state index in [0.717, 1.165) is 17.0 Å². The van der Waals surface area contributed by atoms with Gasteiger partial charge in [0.1, 0.15) is 5.75 Å². The molecule has 0 spiro atoms. The normalized spacial score (nSPS) is 13.1. The van der Waals surface area contributed by atoms with Crippen LogP contribution in [-0.4, -0.2) is 68.0 Å². The van der Waals surface area contributed by atoms with E-state index in [1.807, 2.05) is 56.3 Å². The van der Waals surface area contributed by atoms with Crippen molar-refractivity contribution in [3.05, 3.63) is 83.9 Å². The Morgan fingerprint density at radius 1 is 0.878 bits per heavy atom. The number of carbonyl (C=O) groups excluding carboxylic acids is 3. The summed E-state index contributed by atoms with van der Waals surface area (Å²) in [6.07, 6.45) is 0.402. The highest BCUT2D eigenvalue weighted by molar-refractivity contribution is 6.02. The molecule has 0 saturated carbocycles. The molecule has 2 N–H and O–H groups in total. The van der Waals surface area contributed by atoms with Gasteiger partial charge in [-0.1, -0.05) is 44.2 Å². The van der Waals surface area contributed by atoms with Crippen LogP contribution in [0.5, 0.6) is 5.75 Å². The Hall–Kier alpha value is -4.53. The van der Waals surface area contributed by atoms with Crippen LogP contribution >= 0.6 is 0 Å². The van der Waals surface area contributed by atoms with Gasteiger partial charge in [0.15, 0.2) is 0 Å². The fourth-order valence-corrected chi connectivity index (χ4v) is 4.81. The molecule has 0 radical (unpaired) electrons. The first-order valence-electron chi connectivity index (χ1n) is 13.9. The average Bonchev–Trinajstić information content (AvgIpc) is 2.97. The maximum atomic E-state index is 13.8. The summed E-state index contributed by atoms with van der Waals surface area (Å²) in [5.41, 5.74) is 3.62. The van der Waals surface area contributed by atoms with Crippen LogP contribution < -0.4 is 20.3 Å². The lowest BCUT2D eigenvalue weighted by atomic mass is 10.1. The van der Waals surface area contributed by atoms with E-state index >= 15 is 0 Å². The maximum absolute atomic E-state index is 13.8. The minimum Gasteiger partial charge on any atom is -0.497 e. The first kappa shape index (κ1) is 29.5. The molecule has 1 heterocycles. The third-order valence-electron chi connectivity index (χ3n) is 6.96. The molecule has 0 bridgehead atoms. The van der Waals surface area contributed by atoms with E-state index in [0.29, 0.717) is 56.1 Å². The Kier molecular flexibility index (Phi) is 9.84. The van der Waals surface area contributed by atoms with Gasteiger partial charge in [-0.3, -0.25) is 9.59 Å². The lowest BCUT2D eigenvalue weighted by Gasteiger charge is -2.37. The van der Waals surface area contributed by atoms with Crippen molar-refractivity contribution in [3.8, 4) is 5.75 Å². The van der Waals surface area contributed by atoms with Crippen molar-refractivity contribution in [1.29, 1.82) is 0 Å². The molecule has 3 aromatic carbocycles. The summed E-state index contributed by atoms with van der Waals surface area (Å²) in [6.45, 7) is 6.59. The van der Waals surface area contributed by atoms with Crippen molar-refractivity contribution in [2.75, 3.05) is 55.9 Å². The molecular weight excluding hydrogens is 518 g/mol. The Morgan fingerprint density at radius 3 is 2.17 bits per heavy atom. The fraction of sp³-hybridized carbons (Fsp3) is 0.344. The topological polar surface area (TPSA) is 94.2 Å². The average molecular weight is 558 g/mol. The Morgan fingerprint density at radius 2 is 1.54 bits per heavy atom. The number of nitrogens with one attached hydrogen (secondary N) is 2. The van der Waals surface area contributed by atoms with Crippen molar-refractivity contribution in [2.24, 2.45) is 5.92 Å². The standard InChI is InChI=1S/C32H39N5O4/c1-23(2)20-30(38)33-26-12-15-29(28(21-26)31(39)35(3)22-24-8-6-5-7-9-24)36-16-18-37(19-17-36)32(40)34-25-10-13-27(41-4)14-11-25/h5-15,21,23H,16-20,22H2,1-4H3,(H,33,38)(H,34,40). The predicted molar refractivity (Wildman–Crippen MR) is 163 cm³/mol. The second-order valence-electron chi connectivity index (χ2n) is 10.7. The van der Waals surface area contributed by atoms with Crippen molar-refractivity contribution in [3.63, 3.8) is 0 Å². The highest BCUT2D eigenvalue weighted by Crippen LogP contribution is 2.28. The Balaban J connectivity index is 1.48. The fourth-order valence-electron chi connectivity index (χ4n) is 4.81. The summed E-state index contributed by atoms with van der Waals surface area (Å²) >= 11 is 0. The number of hydrogen-bond donors (Lipinski definition) is 2. The molecule has 1 aliphatic rings. The number of methoxy groups -OCH3 is 1. The summed E-state index contributed by atoms with van der Waals surface area (Å²) < 4.78 is 5.18. The molecule has 1 saturated heterocycles. The zero-order valence-electron chi connectivity index (χ0n) is 24.2. The molecule has 1 fully saturated rings. The van der Waals surface area contributed by atoms with Crippen molar-refractivity contribution >= 4 is 34.9 Å². The van der Waals surface area contributed by atoms with Gasteiger partial charge in [-0.25, -0.2) is 4.79 Å². The lowest BCUT2D eigenvalue weighted by Crippen LogP contribution is -2.50. The van der Waals surface area contributed by atoms with Gasteiger partial charge in [0, 0.05) is 63.3 Å². The molecule has 1 aliphatic heterocycles. The van der Waals surface area contributed by atoms with Gasteiger partial charge in [0.2, 0.25) is 5.91 Å². The summed E-state index contributed by atoms with van der Waals surface area (Å²) in [6, 6.07) is 22.4. The number of anilines is 3. The Bertz CT molecular complexity index is 1340. The van der Waals surface area contributed by atoms with Crippen molar-refractivity contribution in [2.45, 2.75) is 26.8 Å². The van der Waals surface area contributed by atoms with Crippen LogP contribution in [0.1, 0.15) is 36.2 Å². The van der Waals surface area contributed by atoms with E-state index in [1.54, 1.807) is 54.3 Å². The number of urea groups is 1. The van der Waals surface area contributed by atoms with Crippen molar-refractivity contribution < 1.29 is 19.1 Å². The number of hydrogen-bond acceptors (Lipinski definition) is 5. The Labute approximate surface area is 242 Å². The zero-order chi connectivity index (χ0) is 29.4. The minimum atomic E-state index is -0.170. The SMILES string of the molecule is COc1ccc(NC(=O)N2CCN(c3ccc(NC(=O)CC(C)C)cc3C(=O)N(C)Cc3ccccc3)CC2)cc1. The van der Waals surface area contributed by atoms with E-state index in [4.69, 9.17) is 4.74 Å². The smallest absolute Gasteiger partial charge is 0.321 e. The quantitative estimate of drug-likeness (QED) is 0.372. The van der Waals surface area contributed by atoms with Gasteiger partial charge in [-0.05, 0) is 53.9 Å². The highest BCUT2D eigenvalue weighted by Gasteiger charge is 2.26. The summed E-state index contributed by atoms with van der Waals surface area (Å²) in [5.74, 6) is 0.733. The van der Waals surface area contributed by atoms with Crippen LogP contribution in [0.15, 0.2) is 72.8 Å². The van der Waals surface area contributed by atoms with Gasteiger partial charge in [-0.2, -0.15) is 0 Å². The first-order valence-corrected chi connectivity index (χ1v) is 13.9. The number of rotatable bonds is 9. The molecule has 9 heteroatoms. The summed E-state index contributed by atoms with van der Waals surface area (Å²) in [4.78, 5) is 44.7. The number of carbonyl (C=O) groups is 3. The van der Waals surface area contributed by atoms with Gasteiger partial charge in [0.25, 0.3) is 5.91 Å². The molecule has 3 aromatic rings. The minimum absolute atomic E-state index is 0.0831. The second-order valence-corrected chi connectivity index (χ2v) is 10.7. The lowest BCUT2D eigenvalue weighted by molar-refractivity contribution is -0.116. The predicted octanol–water partition coefficient (Wildman–Crippen LogP) is 5.31. The van der Waals surface area contributed by atoms with Crippen LogP contribution in [0.4, 0.5) is 21.9 Å². The van der Waals surface area contributed by atoms with Crippen molar-refractivity contribution in [1.82, 2.24) is 9.80 Å². The second kappa shape index (κ2) is 13.7. The number of benzene rings is 3. The van der Waals surface area contributed by atoms with E-state index < -0.39 is 0 Å². The maximum Gasteiger partial charge on any atom is 0.321 e. The van der Waals surface area contributed by atoms with Crippen LogP contribution in [0.2, 0.25) is 0 Å². The molecule has 0 aliphatic carbocycles. The molecule has 41 heavy (non-hydrogen) atoms. The number of ether oxygens (including phenoxy) is 1. The van der Waals surface area contributed by atoms with E-state index in [1.165, 1.54) is 0 Å². The molecule has 0 unspecified atom stereocenters. The monoisotopic (exact) mass is 557 g/mol. The largest absolute Gasteiger partial charge is 0.497 e. The van der Waals surface area contributed by atoms with Crippen LogP contribution in [-0.2, 0) is 11.3 Å². The third kappa shape index (κ3) is 8.00. The van der Waals surface area contributed by atoms with Gasteiger partial charge < -0.3 is 30.1 Å². The molecular formula is C32H39N5O4. The van der Waals surface area contributed by atoms with Gasteiger partial charge in [-0.15, -0.1) is 0 Å². The van der Waals surface area contributed by atoms with Gasteiger partial charge in [0.05, 0.1) is 12.7 Å². The highest BCUT2D eigenvalue weighted by atomic mass is 16.5. The van der Waals surface area contributed by atoms with Crippen LogP contribution in [0.25, 0.3) is 0 Å². The molecule has 4 rings (SSSR count). The number of nitrogens with zero attached hydrogens (tertiary/aromatic N) is 3. The van der Waals surface area contributed by atoms with E-state index in [-0.39, 0.29) is 23.8 Å². The number of piperazine rings is 1. The molecule has 216 valence electrons. The molecule has 0 aromatic heterocycles. The van der Waals surface area contributed by atoms with E-state index in [9.17, 15) is 14.4 Å². The van der Waals surface area contributed by atoms with E-state index in [2.05, 4.69) is 15.5 Å². The number of amides is 4. The zero-order valence-corrected chi connectivity index (χ0v) is 24.2. The van der Waals surface area contributed by atoms with Crippen LogP contribution in [0.3, 0.4) is 0 Å². The first-order chi connectivity index (χ1) is 19.7. The van der Waals surface area contributed by atoms with Gasteiger partial charge >= 0.3 is 6.03 Å². The third-order valence-corrected chi connectivity index (χ3v) is 6.96.